The molecule has 6 nitrogen and oxygen atoms in total. The van der Waals surface area contributed by atoms with Gasteiger partial charge in [0.1, 0.15) is 5.60 Å². The number of pyridine rings is 1. The molecule has 2 heterocycles. The molecule has 0 aliphatic carbocycles. The lowest BCUT2D eigenvalue weighted by molar-refractivity contribution is -0.123. The third-order valence-electron chi connectivity index (χ3n) is 3.73. The van der Waals surface area contributed by atoms with Gasteiger partial charge in [0.2, 0.25) is 5.91 Å². The number of carbonyl (C=O) groups is 1. The Balaban J connectivity index is 1.79. The Labute approximate surface area is 117 Å². The van der Waals surface area contributed by atoms with Crippen LogP contribution >= 0.6 is 0 Å². The van der Waals surface area contributed by atoms with Gasteiger partial charge in [-0.2, -0.15) is 0 Å². The maximum absolute atomic E-state index is 11.8. The number of carbonyl (C=O) groups excluding carboxylic acids is 1. The lowest BCUT2D eigenvalue weighted by atomic mass is 9.97. The molecule has 2 atom stereocenters. The Kier molecular flexibility index (Phi) is 4.57. The second kappa shape index (κ2) is 6.19. The summed E-state index contributed by atoms with van der Waals surface area (Å²) in [6, 6.07) is 4.87. The summed E-state index contributed by atoms with van der Waals surface area (Å²) in [6.45, 7) is 2.81. The van der Waals surface area contributed by atoms with E-state index in [1.54, 1.807) is 25.3 Å². The van der Waals surface area contributed by atoms with Crippen molar-refractivity contribution >= 4 is 5.91 Å². The molecule has 1 saturated heterocycles. The fraction of sp³-hybridized carbons (Fsp3) is 0.571. The second-order valence-electron chi connectivity index (χ2n) is 5.13. The van der Waals surface area contributed by atoms with E-state index in [0.717, 1.165) is 0 Å². The average molecular weight is 280 g/mol. The van der Waals surface area contributed by atoms with Crippen LogP contribution in [0.2, 0.25) is 0 Å². The fourth-order valence-electron chi connectivity index (χ4n) is 2.21. The maximum Gasteiger partial charge on any atom is 0.250 e. The van der Waals surface area contributed by atoms with E-state index >= 15 is 0 Å². The van der Waals surface area contributed by atoms with Crippen molar-refractivity contribution in [3.8, 4) is 0 Å². The van der Waals surface area contributed by atoms with Crippen molar-refractivity contribution in [1.82, 2.24) is 9.88 Å². The van der Waals surface area contributed by atoms with E-state index in [9.17, 15) is 14.7 Å². The van der Waals surface area contributed by atoms with Crippen LogP contribution in [0, 0.1) is 0 Å². The molecule has 1 amide bonds. The van der Waals surface area contributed by atoms with Crippen LogP contribution in [0.3, 0.4) is 0 Å². The molecule has 1 aromatic rings. The Hall–Kier alpha value is -1.66. The molecule has 1 aliphatic rings. The van der Waals surface area contributed by atoms with Crippen LogP contribution in [0.4, 0.5) is 0 Å². The maximum atomic E-state index is 11.8. The number of amides is 1. The number of hydrogen-bond donors (Lipinski definition) is 2. The van der Waals surface area contributed by atoms with Gasteiger partial charge in [0.05, 0.1) is 6.10 Å². The predicted molar refractivity (Wildman–Crippen MR) is 73.3 cm³/mol. The molecule has 0 saturated carbocycles. The number of aliphatic hydroxyl groups is 1. The van der Waals surface area contributed by atoms with Gasteiger partial charge in [-0.05, 0) is 13.0 Å². The molecule has 110 valence electrons. The zero-order chi connectivity index (χ0) is 14.6. The molecule has 6 heteroatoms. The van der Waals surface area contributed by atoms with Crippen LogP contribution in [-0.4, -0.2) is 40.4 Å². The molecule has 0 aromatic carbocycles. The van der Waals surface area contributed by atoms with E-state index < -0.39 is 5.60 Å². The van der Waals surface area contributed by atoms with E-state index in [1.165, 1.54) is 10.6 Å². The van der Waals surface area contributed by atoms with E-state index in [2.05, 4.69) is 5.32 Å². The van der Waals surface area contributed by atoms with Crippen molar-refractivity contribution in [3.63, 3.8) is 0 Å². The molecule has 1 aliphatic heterocycles. The van der Waals surface area contributed by atoms with Gasteiger partial charge in [-0.3, -0.25) is 9.59 Å². The largest absolute Gasteiger partial charge is 0.385 e. The molecule has 0 bridgehead atoms. The SMILES string of the molecule is CC1OCCC1(O)CNC(=O)CCn1ccccc1=O. The highest BCUT2D eigenvalue weighted by Gasteiger charge is 2.39. The molecule has 2 N–H and O–H groups in total. The predicted octanol–water partition coefficient (Wildman–Crippen LogP) is -0.106. The first-order valence-electron chi connectivity index (χ1n) is 6.77. The van der Waals surface area contributed by atoms with Crippen molar-refractivity contribution in [2.75, 3.05) is 13.2 Å². The van der Waals surface area contributed by atoms with Crippen LogP contribution in [-0.2, 0) is 16.1 Å². The molecule has 20 heavy (non-hydrogen) atoms. The highest BCUT2D eigenvalue weighted by Crippen LogP contribution is 2.24. The molecule has 1 fully saturated rings. The molecular weight excluding hydrogens is 260 g/mol. The summed E-state index contributed by atoms with van der Waals surface area (Å²) in [6.07, 6.45) is 2.09. The average Bonchev–Trinajstić information content (AvgIpc) is 2.76. The van der Waals surface area contributed by atoms with Crippen LogP contribution in [0.25, 0.3) is 0 Å². The zero-order valence-corrected chi connectivity index (χ0v) is 11.5. The van der Waals surface area contributed by atoms with Gasteiger partial charge in [0.25, 0.3) is 5.56 Å². The first-order chi connectivity index (χ1) is 9.51. The summed E-state index contributed by atoms with van der Waals surface area (Å²) >= 11 is 0. The van der Waals surface area contributed by atoms with Gasteiger partial charge in [-0.1, -0.05) is 6.07 Å². The van der Waals surface area contributed by atoms with Gasteiger partial charge >= 0.3 is 0 Å². The lowest BCUT2D eigenvalue weighted by Crippen LogP contribution is -2.47. The zero-order valence-electron chi connectivity index (χ0n) is 11.5. The molecule has 1 aromatic heterocycles. The van der Waals surface area contributed by atoms with E-state index in [0.29, 0.717) is 19.6 Å². The smallest absolute Gasteiger partial charge is 0.250 e. The van der Waals surface area contributed by atoms with Crippen molar-refractivity contribution in [3.05, 3.63) is 34.7 Å². The minimum atomic E-state index is -0.987. The third-order valence-corrected chi connectivity index (χ3v) is 3.73. The first kappa shape index (κ1) is 14.7. The van der Waals surface area contributed by atoms with Crippen LogP contribution in [0.5, 0.6) is 0 Å². The summed E-state index contributed by atoms with van der Waals surface area (Å²) in [5.74, 6) is -0.187. The van der Waals surface area contributed by atoms with Gasteiger partial charge < -0.3 is 19.7 Å². The summed E-state index contributed by atoms with van der Waals surface area (Å²) in [5, 5.41) is 12.9. The number of nitrogens with one attached hydrogen (secondary N) is 1. The van der Waals surface area contributed by atoms with E-state index in [4.69, 9.17) is 4.74 Å². The van der Waals surface area contributed by atoms with Gasteiger partial charge in [0.15, 0.2) is 0 Å². The molecule has 2 unspecified atom stereocenters. The Morgan fingerprint density at radius 2 is 2.40 bits per heavy atom. The second-order valence-corrected chi connectivity index (χ2v) is 5.13. The fourth-order valence-corrected chi connectivity index (χ4v) is 2.21. The highest BCUT2D eigenvalue weighted by atomic mass is 16.5. The monoisotopic (exact) mass is 280 g/mol. The van der Waals surface area contributed by atoms with E-state index in [1.807, 2.05) is 0 Å². The summed E-state index contributed by atoms with van der Waals surface area (Å²) in [7, 11) is 0. The number of aromatic nitrogens is 1. The molecule has 0 radical (unpaired) electrons. The lowest BCUT2D eigenvalue weighted by Gasteiger charge is -2.26. The number of nitrogens with zero attached hydrogens (tertiary/aromatic N) is 1. The number of hydrogen-bond acceptors (Lipinski definition) is 4. The third kappa shape index (κ3) is 3.46. The Bertz CT molecular complexity index is 528. The Morgan fingerprint density at radius 1 is 1.60 bits per heavy atom. The highest BCUT2D eigenvalue weighted by molar-refractivity contribution is 5.75. The van der Waals surface area contributed by atoms with Crippen LogP contribution in [0.1, 0.15) is 19.8 Å². The minimum Gasteiger partial charge on any atom is -0.385 e. The quantitative estimate of drug-likeness (QED) is 0.789. The number of aryl methyl sites for hydroxylation is 1. The van der Waals surface area contributed by atoms with Crippen LogP contribution < -0.4 is 10.9 Å². The van der Waals surface area contributed by atoms with Crippen molar-refractivity contribution in [2.24, 2.45) is 0 Å². The molecule has 2 rings (SSSR count). The van der Waals surface area contributed by atoms with Crippen molar-refractivity contribution in [2.45, 2.75) is 38.0 Å². The number of ether oxygens (including phenoxy) is 1. The van der Waals surface area contributed by atoms with Gasteiger partial charge in [-0.15, -0.1) is 0 Å². The molecular formula is C14H20N2O4. The number of rotatable bonds is 5. The van der Waals surface area contributed by atoms with Crippen molar-refractivity contribution < 1.29 is 14.6 Å². The molecule has 0 spiro atoms. The normalized spacial score (nSPS) is 25.6. The summed E-state index contributed by atoms with van der Waals surface area (Å²) in [5.41, 5.74) is -1.11. The summed E-state index contributed by atoms with van der Waals surface area (Å²) in [4.78, 5) is 23.2. The summed E-state index contributed by atoms with van der Waals surface area (Å²) < 4.78 is 6.78. The minimum absolute atomic E-state index is 0.128. The van der Waals surface area contributed by atoms with Crippen molar-refractivity contribution in [1.29, 1.82) is 0 Å². The first-order valence-corrected chi connectivity index (χ1v) is 6.77. The van der Waals surface area contributed by atoms with Crippen LogP contribution in [0.15, 0.2) is 29.2 Å². The van der Waals surface area contributed by atoms with Gasteiger partial charge in [-0.25, -0.2) is 0 Å². The van der Waals surface area contributed by atoms with Gasteiger partial charge in [0, 0.05) is 44.8 Å². The Morgan fingerprint density at radius 3 is 3.05 bits per heavy atom. The van der Waals surface area contributed by atoms with E-state index in [-0.39, 0.29) is 30.5 Å². The topological polar surface area (TPSA) is 80.6 Å². The standard InChI is InChI=1S/C14H20N2O4/c1-11-14(19,6-9-20-11)10-15-12(17)5-8-16-7-3-2-4-13(16)18/h2-4,7,11,19H,5-6,8-10H2,1H3,(H,15,17).